The predicted octanol–water partition coefficient (Wildman–Crippen LogP) is 4.03. The second-order valence-corrected chi connectivity index (χ2v) is 7.51. The number of ether oxygens (including phenoxy) is 1. The Morgan fingerprint density at radius 2 is 1.58 bits per heavy atom. The predicted molar refractivity (Wildman–Crippen MR) is 123 cm³/mol. The molecular weight excluding hydrogens is 388 g/mol. The van der Waals surface area contributed by atoms with Gasteiger partial charge < -0.3 is 15.0 Å². The molecule has 2 amide bonds. The number of hydrogen-bond donors (Lipinski definition) is 1. The summed E-state index contributed by atoms with van der Waals surface area (Å²) in [5, 5.41) is 2.94. The van der Waals surface area contributed by atoms with Crippen molar-refractivity contribution in [1.82, 2.24) is 5.32 Å². The molecule has 0 aromatic heterocycles. The van der Waals surface area contributed by atoms with Crippen LogP contribution in [0, 0.1) is 6.92 Å². The zero-order valence-electron chi connectivity index (χ0n) is 18.0. The first-order chi connectivity index (χ1) is 15.0. The van der Waals surface area contributed by atoms with Gasteiger partial charge in [-0.1, -0.05) is 72.3 Å². The molecule has 3 rings (SSSR count). The van der Waals surface area contributed by atoms with Crippen molar-refractivity contribution in [1.29, 1.82) is 0 Å². The number of carbonyl (C=O) groups is 2. The van der Waals surface area contributed by atoms with Gasteiger partial charge in [-0.15, -0.1) is 0 Å². The summed E-state index contributed by atoms with van der Waals surface area (Å²) in [5.41, 5.74) is 4.85. The van der Waals surface area contributed by atoms with Crippen LogP contribution in [0.2, 0.25) is 0 Å². The largest absolute Gasteiger partial charge is 0.375 e. The van der Waals surface area contributed by atoms with Crippen LogP contribution in [0.1, 0.15) is 22.3 Å². The van der Waals surface area contributed by atoms with Crippen LogP contribution < -0.4 is 10.2 Å². The third kappa shape index (κ3) is 6.79. The van der Waals surface area contributed by atoms with Crippen molar-refractivity contribution in [3.63, 3.8) is 0 Å². The fourth-order valence-corrected chi connectivity index (χ4v) is 3.28. The van der Waals surface area contributed by atoms with E-state index in [-0.39, 0.29) is 24.8 Å². The lowest BCUT2D eigenvalue weighted by atomic mass is 10.1. The summed E-state index contributed by atoms with van der Waals surface area (Å²) in [6, 6.07) is 25.4. The molecule has 0 bridgehead atoms. The normalized spacial score (nSPS) is 10.5. The van der Waals surface area contributed by atoms with Crippen LogP contribution in [0.4, 0.5) is 5.69 Å². The van der Waals surface area contributed by atoms with E-state index in [0.29, 0.717) is 13.1 Å². The number of nitrogens with zero attached hydrogens (tertiary/aromatic N) is 1. The third-order valence-electron chi connectivity index (χ3n) is 4.95. The van der Waals surface area contributed by atoms with Gasteiger partial charge in [0.05, 0.1) is 13.0 Å². The van der Waals surface area contributed by atoms with Gasteiger partial charge in [0.15, 0.2) is 0 Å². The standard InChI is InChI=1S/C26H28N2O3/c1-20-11-13-22(14-12-20)18-28(26(30)19-31-2)24-10-6-9-23(15-24)16-25(29)27-17-21-7-4-3-5-8-21/h3-15H,16-19H2,1-2H3,(H,27,29). The van der Waals surface area contributed by atoms with E-state index in [1.807, 2.05) is 85.8 Å². The molecule has 0 saturated carbocycles. The van der Waals surface area contributed by atoms with Gasteiger partial charge in [-0.3, -0.25) is 9.59 Å². The summed E-state index contributed by atoms with van der Waals surface area (Å²) in [4.78, 5) is 26.8. The van der Waals surface area contributed by atoms with Crippen molar-refractivity contribution in [3.05, 3.63) is 101 Å². The maximum absolute atomic E-state index is 12.7. The summed E-state index contributed by atoms with van der Waals surface area (Å²) < 4.78 is 5.08. The minimum Gasteiger partial charge on any atom is -0.375 e. The molecule has 0 spiro atoms. The molecule has 0 saturated heterocycles. The molecule has 0 aliphatic carbocycles. The first kappa shape index (κ1) is 22.2. The fraction of sp³-hybridized carbons (Fsp3) is 0.231. The number of rotatable bonds is 9. The number of carbonyl (C=O) groups excluding carboxylic acids is 2. The van der Waals surface area contributed by atoms with Gasteiger partial charge in [0.25, 0.3) is 5.91 Å². The molecule has 3 aromatic carbocycles. The Morgan fingerprint density at radius 3 is 2.29 bits per heavy atom. The highest BCUT2D eigenvalue weighted by Gasteiger charge is 2.17. The van der Waals surface area contributed by atoms with Crippen molar-refractivity contribution in [2.24, 2.45) is 0 Å². The summed E-state index contributed by atoms with van der Waals surface area (Å²) in [6.45, 7) is 2.95. The van der Waals surface area contributed by atoms with Crippen LogP contribution in [0.15, 0.2) is 78.9 Å². The summed E-state index contributed by atoms with van der Waals surface area (Å²) in [7, 11) is 1.51. The SMILES string of the molecule is COCC(=O)N(Cc1ccc(C)cc1)c1cccc(CC(=O)NCc2ccccc2)c1. The molecule has 1 N–H and O–H groups in total. The minimum atomic E-state index is -0.131. The van der Waals surface area contributed by atoms with Crippen molar-refractivity contribution in [3.8, 4) is 0 Å². The molecule has 0 atom stereocenters. The first-order valence-corrected chi connectivity index (χ1v) is 10.3. The maximum Gasteiger partial charge on any atom is 0.253 e. The number of benzene rings is 3. The Hall–Kier alpha value is -3.44. The van der Waals surface area contributed by atoms with Gasteiger partial charge in [0.2, 0.25) is 5.91 Å². The Kier molecular flexibility index (Phi) is 7.96. The van der Waals surface area contributed by atoms with E-state index in [0.717, 1.165) is 22.4 Å². The number of hydrogen-bond acceptors (Lipinski definition) is 3. The Bertz CT molecular complexity index is 1000. The molecule has 160 valence electrons. The quantitative estimate of drug-likeness (QED) is 0.573. The molecule has 5 nitrogen and oxygen atoms in total. The highest BCUT2D eigenvalue weighted by Crippen LogP contribution is 2.20. The summed E-state index contributed by atoms with van der Waals surface area (Å²) >= 11 is 0. The molecular formula is C26H28N2O3. The van der Waals surface area contributed by atoms with E-state index in [1.165, 1.54) is 12.7 Å². The van der Waals surface area contributed by atoms with E-state index in [4.69, 9.17) is 4.74 Å². The van der Waals surface area contributed by atoms with Crippen LogP contribution in [0.5, 0.6) is 0 Å². The van der Waals surface area contributed by atoms with Gasteiger partial charge in [0.1, 0.15) is 6.61 Å². The maximum atomic E-state index is 12.7. The van der Waals surface area contributed by atoms with Gasteiger partial charge >= 0.3 is 0 Å². The van der Waals surface area contributed by atoms with Gasteiger partial charge in [0, 0.05) is 19.3 Å². The Morgan fingerprint density at radius 1 is 0.871 bits per heavy atom. The summed E-state index contributed by atoms with van der Waals surface area (Å²) in [6.07, 6.45) is 0.248. The number of methoxy groups -OCH3 is 1. The van der Waals surface area contributed by atoms with Crippen molar-refractivity contribution in [2.45, 2.75) is 26.4 Å². The molecule has 0 aliphatic rings. The van der Waals surface area contributed by atoms with E-state index in [2.05, 4.69) is 5.32 Å². The molecule has 0 heterocycles. The lowest BCUT2D eigenvalue weighted by Crippen LogP contribution is -2.33. The molecule has 3 aromatic rings. The van der Waals surface area contributed by atoms with E-state index in [1.54, 1.807) is 4.90 Å². The topological polar surface area (TPSA) is 58.6 Å². The summed E-state index contributed by atoms with van der Waals surface area (Å²) in [5.74, 6) is -0.192. The molecule has 31 heavy (non-hydrogen) atoms. The number of amides is 2. The lowest BCUT2D eigenvalue weighted by Gasteiger charge is -2.23. The molecule has 0 fully saturated rings. The highest BCUT2D eigenvalue weighted by molar-refractivity contribution is 5.94. The molecule has 0 unspecified atom stereocenters. The van der Waals surface area contributed by atoms with Crippen molar-refractivity contribution in [2.75, 3.05) is 18.6 Å². The van der Waals surface area contributed by atoms with Crippen molar-refractivity contribution >= 4 is 17.5 Å². The third-order valence-corrected chi connectivity index (χ3v) is 4.95. The van der Waals surface area contributed by atoms with Crippen LogP contribution in [-0.4, -0.2) is 25.5 Å². The van der Waals surface area contributed by atoms with Crippen molar-refractivity contribution < 1.29 is 14.3 Å². The average Bonchev–Trinajstić information content (AvgIpc) is 2.78. The number of anilines is 1. The first-order valence-electron chi connectivity index (χ1n) is 10.3. The van der Waals surface area contributed by atoms with E-state index >= 15 is 0 Å². The second-order valence-electron chi connectivity index (χ2n) is 7.51. The second kappa shape index (κ2) is 11.1. The smallest absolute Gasteiger partial charge is 0.253 e. The van der Waals surface area contributed by atoms with Gasteiger partial charge in [-0.2, -0.15) is 0 Å². The zero-order valence-corrected chi connectivity index (χ0v) is 18.0. The van der Waals surface area contributed by atoms with Gasteiger partial charge in [-0.05, 0) is 35.7 Å². The minimum absolute atomic E-state index is 0.00630. The van der Waals surface area contributed by atoms with Crippen LogP contribution in [0.3, 0.4) is 0 Å². The number of aryl methyl sites for hydroxylation is 1. The monoisotopic (exact) mass is 416 g/mol. The van der Waals surface area contributed by atoms with Crippen LogP contribution in [-0.2, 0) is 33.8 Å². The highest BCUT2D eigenvalue weighted by atomic mass is 16.5. The van der Waals surface area contributed by atoms with E-state index in [9.17, 15) is 9.59 Å². The van der Waals surface area contributed by atoms with Gasteiger partial charge in [-0.25, -0.2) is 0 Å². The molecule has 0 aliphatic heterocycles. The Balaban J connectivity index is 1.71. The Labute approximate surface area is 183 Å². The number of nitrogens with one attached hydrogen (secondary N) is 1. The van der Waals surface area contributed by atoms with Crippen LogP contribution >= 0.6 is 0 Å². The van der Waals surface area contributed by atoms with E-state index < -0.39 is 0 Å². The zero-order chi connectivity index (χ0) is 22.1. The fourth-order valence-electron chi connectivity index (χ4n) is 3.28. The lowest BCUT2D eigenvalue weighted by molar-refractivity contribution is -0.122. The average molecular weight is 417 g/mol. The molecule has 0 radical (unpaired) electrons. The van der Waals surface area contributed by atoms with Crippen LogP contribution in [0.25, 0.3) is 0 Å². The molecule has 5 heteroatoms.